The number of hydrogen-bond acceptors (Lipinski definition) is 3. The first kappa shape index (κ1) is 12.9. The second-order valence-electron chi connectivity index (χ2n) is 3.71. The average molecular weight is 202 g/mol. The molecule has 0 fully saturated rings. The van der Waals surface area contributed by atoms with E-state index in [1.54, 1.807) is 32.8 Å². The van der Waals surface area contributed by atoms with Gasteiger partial charge in [0.2, 0.25) is 5.91 Å². The number of carboxylic acid groups (broad SMARTS) is 1. The van der Waals surface area contributed by atoms with Crippen molar-refractivity contribution in [1.29, 1.82) is 0 Å². The third-order valence-corrected chi connectivity index (χ3v) is 2.43. The molecule has 0 radical (unpaired) electrons. The van der Waals surface area contributed by atoms with Crippen LogP contribution in [-0.2, 0) is 9.59 Å². The van der Waals surface area contributed by atoms with Crippen LogP contribution in [0, 0.1) is 0 Å². The highest BCUT2D eigenvalue weighted by Gasteiger charge is 2.31. The summed E-state index contributed by atoms with van der Waals surface area (Å²) in [5.74, 6) is -0.977. The molecule has 0 aliphatic carbocycles. The van der Waals surface area contributed by atoms with Gasteiger partial charge >= 0.3 is 5.97 Å². The lowest BCUT2D eigenvalue weighted by molar-refractivity contribution is -0.148. The Labute approximate surface area is 84.1 Å². The fraction of sp³-hybridized carbons (Fsp3) is 0.778. The molecule has 0 bridgehead atoms. The molecule has 0 saturated carbocycles. The summed E-state index contributed by atoms with van der Waals surface area (Å²) in [4.78, 5) is 23.4. The fourth-order valence-corrected chi connectivity index (χ4v) is 0.837. The summed E-state index contributed by atoms with van der Waals surface area (Å²) < 4.78 is 0. The van der Waals surface area contributed by atoms with Crippen LogP contribution in [0.3, 0.4) is 0 Å². The predicted octanol–water partition coefficient (Wildman–Crippen LogP) is -0.0825. The normalized spacial score (nSPS) is 11.5. The summed E-state index contributed by atoms with van der Waals surface area (Å²) in [6.45, 7) is 3.65. The van der Waals surface area contributed by atoms with E-state index in [4.69, 9.17) is 5.11 Å². The number of carbonyl (C=O) groups is 2. The van der Waals surface area contributed by atoms with Crippen molar-refractivity contribution >= 4 is 11.9 Å². The summed E-state index contributed by atoms with van der Waals surface area (Å²) in [6, 6.07) is 0. The van der Waals surface area contributed by atoms with Crippen LogP contribution >= 0.6 is 0 Å². The minimum absolute atomic E-state index is 0.0851. The van der Waals surface area contributed by atoms with Crippen LogP contribution in [0.15, 0.2) is 0 Å². The highest BCUT2D eigenvalue weighted by atomic mass is 16.4. The molecule has 2 N–H and O–H groups in total. The molecule has 0 aliphatic heterocycles. The zero-order chi connectivity index (χ0) is 11.4. The molecule has 82 valence electrons. The number of nitrogens with zero attached hydrogens (tertiary/aromatic N) is 1. The Morgan fingerprint density at radius 1 is 1.43 bits per heavy atom. The monoisotopic (exact) mass is 202 g/mol. The molecule has 0 aromatic rings. The molecule has 14 heavy (non-hydrogen) atoms. The van der Waals surface area contributed by atoms with Gasteiger partial charge in [-0.2, -0.15) is 0 Å². The maximum absolute atomic E-state index is 10.9. The minimum Gasteiger partial charge on any atom is -0.480 e. The molecule has 0 atom stereocenters. The van der Waals surface area contributed by atoms with Gasteiger partial charge in [-0.25, -0.2) is 0 Å². The van der Waals surface area contributed by atoms with E-state index >= 15 is 0 Å². The van der Waals surface area contributed by atoms with Crippen molar-refractivity contribution in [3.8, 4) is 0 Å². The number of likely N-dealkylation sites (N-methyl/N-ethyl adjacent to an activating group) is 1. The second-order valence-corrected chi connectivity index (χ2v) is 3.71. The van der Waals surface area contributed by atoms with Crippen molar-refractivity contribution < 1.29 is 14.7 Å². The zero-order valence-corrected chi connectivity index (χ0v) is 9.13. The van der Waals surface area contributed by atoms with Crippen molar-refractivity contribution in [3.63, 3.8) is 0 Å². The van der Waals surface area contributed by atoms with Gasteiger partial charge in [0.15, 0.2) is 0 Å². The second kappa shape index (κ2) is 4.95. The van der Waals surface area contributed by atoms with Gasteiger partial charge in [-0.3, -0.25) is 14.5 Å². The Morgan fingerprint density at radius 3 is 2.29 bits per heavy atom. The highest BCUT2D eigenvalue weighted by molar-refractivity contribution is 5.78. The van der Waals surface area contributed by atoms with Crippen LogP contribution in [-0.4, -0.2) is 48.1 Å². The van der Waals surface area contributed by atoms with Crippen LogP contribution in [0.4, 0.5) is 0 Å². The van der Waals surface area contributed by atoms with Crippen molar-refractivity contribution in [3.05, 3.63) is 0 Å². The number of rotatable bonds is 5. The number of carbonyl (C=O) groups excluding carboxylic acids is 1. The highest BCUT2D eigenvalue weighted by Crippen LogP contribution is 2.12. The number of amides is 1. The molecule has 1 amide bonds. The first-order valence-electron chi connectivity index (χ1n) is 4.47. The van der Waals surface area contributed by atoms with Crippen LogP contribution < -0.4 is 5.32 Å². The molecule has 0 saturated heterocycles. The van der Waals surface area contributed by atoms with Gasteiger partial charge in [-0.05, 0) is 20.9 Å². The molecule has 0 aromatic carbocycles. The number of aliphatic carboxylic acids is 1. The maximum atomic E-state index is 10.9. The Kier molecular flexibility index (Phi) is 4.56. The molecule has 0 aromatic heterocycles. The molecule has 0 heterocycles. The van der Waals surface area contributed by atoms with Gasteiger partial charge in [0.1, 0.15) is 5.54 Å². The molecule has 5 heteroatoms. The third kappa shape index (κ3) is 3.33. The first-order valence-corrected chi connectivity index (χ1v) is 4.47. The maximum Gasteiger partial charge on any atom is 0.323 e. The van der Waals surface area contributed by atoms with Crippen LogP contribution in [0.2, 0.25) is 0 Å². The summed E-state index contributed by atoms with van der Waals surface area (Å²) in [6.07, 6.45) is 0.309. The molecular weight excluding hydrogens is 184 g/mol. The average Bonchev–Trinajstić information content (AvgIpc) is 2.12. The van der Waals surface area contributed by atoms with Gasteiger partial charge in [0.05, 0.1) is 0 Å². The van der Waals surface area contributed by atoms with E-state index in [9.17, 15) is 9.59 Å². The van der Waals surface area contributed by atoms with E-state index in [1.807, 2.05) is 0 Å². The van der Waals surface area contributed by atoms with Gasteiger partial charge in [-0.1, -0.05) is 0 Å². The summed E-state index contributed by atoms with van der Waals surface area (Å²) in [7, 11) is 3.25. The zero-order valence-electron chi connectivity index (χ0n) is 9.13. The van der Waals surface area contributed by atoms with Crippen molar-refractivity contribution in [1.82, 2.24) is 10.2 Å². The van der Waals surface area contributed by atoms with Crippen molar-refractivity contribution in [2.24, 2.45) is 0 Å². The first-order chi connectivity index (χ1) is 6.32. The molecule has 0 aliphatic rings. The third-order valence-electron chi connectivity index (χ3n) is 2.43. The SMILES string of the molecule is CNC(=O)CCN(C)C(C)(C)C(=O)O. The van der Waals surface area contributed by atoms with E-state index in [-0.39, 0.29) is 5.91 Å². The van der Waals surface area contributed by atoms with Gasteiger partial charge < -0.3 is 10.4 Å². The quantitative estimate of drug-likeness (QED) is 0.654. The van der Waals surface area contributed by atoms with Gasteiger partial charge in [0, 0.05) is 20.0 Å². The minimum atomic E-state index is -0.936. The molecule has 0 spiro atoms. The smallest absolute Gasteiger partial charge is 0.323 e. The van der Waals surface area contributed by atoms with Crippen LogP contribution in [0.5, 0.6) is 0 Å². The lowest BCUT2D eigenvalue weighted by Crippen LogP contribution is -2.48. The Morgan fingerprint density at radius 2 is 1.93 bits per heavy atom. The van der Waals surface area contributed by atoms with E-state index < -0.39 is 11.5 Å². The Hall–Kier alpha value is -1.10. The van der Waals surface area contributed by atoms with E-state index in [2.05, 4.69) is 5.32 Å². The lowest BCUT2D eigenvalue weighted by atomic mass is 10.0. The van der Waals surface area contributed by atoms with E-state index in [0.717, 1.165) is 0 Å². The topological polar surface area (TPSA) is 69.6 Å². The van der Waals surface area contributed by atoms with Gasteiger partial charge in [-0.15, -0.1) is 0 Å². The van der Waals surface area contributed by atoms with E-state index in [0.29, 0.717) is 13.0 Å². The largest absolute Gasteiger partial charge is 0.480 e. The van der Waals surface area contributed by atoms with Crippen molar-refractivity contribution in [2.75, 3.05) is 20.6 Å². The molecule has 0 rings (SSSR count). The number of hydrogen-bond donors (Lipinski definition) is 2. The molecule has 0 unspecified atom stereocenters. The van der Waals surface area contributed by atoms with Gasteiger partial charge in [0.25, 0.3) is 0 Å². The predicted molar refractivity (Wildman–Crippen MR) is 53.0 cm³/mol. The molecule has 5 nitrogen and oxygen atoms in total. The van der Waals surface area contributed by atoms with Crippen molar-refractivity contribution in [2.45, 2.75) is 25.8 Å². The Balaban J connectivity index is 4.14. The number of carboxylic acids is 1. The summed E-state index contributed by atoms with van der Waals surface area (Å²) >= 11 is 0. The fourth-order valence-electron chi connectivity index (χ4n) is 0.837. The number of nitrogens with one attached hydrogen (secondary N) is 1. The lowest BCUT2D eigenvalue weighted by Gasteiger charge is -2.31. The van der Waals surface area contributed by atoms with E-state index in [1.165, 1.54) is 0 Å². The molecular formula is C9H18N2O3. The summed E-state index contributed by atoms with van der Waals surface area (Å²) in [5.41, 5.74) is -0.936. The summed E-state index contributed by atoms with van der Waals surface area (Å²) in [5, 5.41) is 11.4. The standard InChI is InChI=1S/C9H18N2O3/c1-9(2,8(13)14)11(4)6-5-7(12)10-3/h5-6H2,1-4H3,(H,10,12)(H,13,14). The van der Waals surface area contributed by atoms with Crippen LogP contribution in [0.1, 0.15) is 20.3 Å². The van der Waals surface area contributed by atoms with Crippen LogP contribution in [0.25, 0.3) is 0 Å². The Bertz CT molecular complexity index is 226.